The average molecular weight is 339 g/mol. The molecule has 5 heteroatoms. The molecule has 0 aliphatic carbocycles. The molecule has 1 saturated heterocycles. The first-order valence-electron chi connectivity index (χ1n) is 6.45. The lowest BCUT2D eigenvalue weighted by atomic mass is 9.97. The first kappa shape index (κ1) is 13.5. The van der Waals surface area contributed by atoms with Crippen molar-refractivity contribution < 1.29 is 8.78 Å². The van der Waals surface area contributed by atoms with Crippen molar-refractivity contribution in [3.8, 4) is 0 Å². The zero-order valence-corrected chi connectivity index (χ0v) is 12.3. The van der Waals surface area contributed by atoms with E-state index in [0.29, 0.717) is 6.54 Å². The molecular formula is C15H13BrF2N2. The third-order valence-electron chi connectivity index (χ3n) is 3.63. The standard InChI is InChI=1S/C15H13BrF2N2/c16-11-4-5-14(19-8-11)20-7-6-10(9-20)15-12(17)2-1-3-13(15)18/h1-5,8,10H,6-7,9H2. The van der Waals surface area contributed by atoms with Gasteiger partial charge in [-0.15, -0.1) is 0 Å². The lowest BCUT2D eigenvalue weighted by molar-refractivity contribution is 0.533. The van der Waals surface area contributed by atoms with Crippen LogP contribution in [0.4, 0.5) is 14.6 Å². The van der Waals surface area contributed by atoms with Gasteiger partial charge in [0.05, 0.1) is 0 Å². The summed E-state index contributed by atoms with van der Waals surface area (Å²) >= 11 is 3.34. The van der Waals surface area contributed by atoms with Crippen molar-refractivity contribution in [2.45, 2.75) is 12.3 Å². The molecule has 3 rings (SSSR count). The topological polar surface area (TPSA) is 16.1 Å². The predicted octanol–water partition coefficient (Wildman–Crippen LogP) is 4.12. The third-order valence-corrected chi connectivity index (χ3v) is 4.10. The van der Waals surface area contributed by atoms with E-state index in [1.54, 1.807) is 6.20 Å². The fraction of sp³-hybridized carbons (Fsp3) is 0.267. The Bertz CT molecular complexity index is 596. The zero-order chi connectivity index (χ0) is 14.1. The molecule has 20 heavy (non-hydrogen) atoms. The van der Waals surface area contributed by atoms with Crippen molar-refractivity contribution in [2.24, 2.45) is 0 Å². The summed E-state index contributed by atoms with van der Waals surface area (Å²) < 4.78 is 28.5. The molecule has 0 amide bonds. The second-order valence-corrected chi connectivity index (χ2v) is 5.82. The minimum absolute atomic E-state index is 0.123. The van der Waals surface area contributed by atoms with Crippen molar-refractivity contribution >= 4 is 21.7 Å². The van der Waals surface area contributed by atoms with Crippen LogP contribution in [0.1, 0.15) is 17.9 Å². The summed E-state index contributed by atoms with van der Waals surface area (Å²) in [5, 5.41) is 0. The van der Waals surface area contributed by atoms with Crippen molar-refractivity contribution in [2.75, 3.05) is 18.0 Å². The van der Waals surface area contributed by atoms with Crippen LogP contribution in [0, 0.1) is 11.6 Å². The highest BCUT2D eigenvalue weighted by atomic mass is 79.9. The molecular weight excluding hydrogens is 326 g/mol. The van der Waals surface area contributed by atoms with Gasteiger partial charge in [0.2, 0.25) is 0 Å². The Morgan fingerprint density at radius 2 is 1.90 bits per heavy atom. The number of rotatable bonds is 2. The Labute approximate surface area is 124 Å². The van der Waals surface area contributed by atoms with Crippen LogP contribution in [0.15, 0.2) is 41.0 Å². The highest BCUT2D eigenvalue weighted by Crippen LogP contribution is 2.33. The highest BCUT2D eigenvalue weighted by molar-refractivity contribution is 9.10. The van der Waals surface area contributed by atoms with Gasteiger partial charge in [-0.2, -0.15) is 0 Å². The SMILES string of the molecule is Fc1cccc(F)c1C1CCN(c2ccc(Br)cn2)C1. The molecule has 1 fully saturated rings. The Morgan fingerprint density at radius 3 is 2.55 bits per heavy atom. The molecule has 1 aromatic carbocycles. The molecule has 0 spiro atoms. The Kier molecular flexibility index (Phi) is 3.70. The van der Waals surface area contributed by atoms with Crippen LogP contribution in [-0.4, -0.2) is 18.1 Å². The van der Waals surface area contributed by atoms with E-state index in [2.05, 4.69) is 25.8 Å². The van der Waals surface area contributed by atoms with Gasteiger partial charge in [-0.1, -0.05) is 6.07 Å². The van der Waals surface area contributed by atoms with E-state index in [0.717, 1.165) is 23.3 Å². The molecule has 1 aliphatic rings. The summed E-state index contributed by atoms with van der Waals surface area (Å²) in [4.78, 5) is 6.38. The van der Waals surface area contributed by atoms with E-state index in [1.807, 2.05) is 12.1 Å². The summed E-state index contributed by atoms with van der Waals surface area (Å²) in [6, 6.07) is 7.86. The first-order valence-corrected chi connectivity index (χ1v) is 7.25. The monoisotopic (exact) mass is 338 g/mol. The molecule has 2 aromatic rings. The molecule has 2 nitrogen and oxygen atoms in total. The number of hydrogen-bond acceptors (Lipinski definition) is 2. The fourth-order valence-corrected chi connectivity index (χ4v) is 2.89. The van der Waals surface area contributed by atoms with Gasteiger partial charge in [-0.3, -0.25) is 0 Å². The van der Waals surface area contributed by atoms with Gasteiger partial charge in [-0.25, -0.2) is 13.8 Å². The lowest BCUT2D eigenvalue weighted by Gasteiger charge is -2.18. The zero-order valence-electron chi connectivity index (χ0n) is 10.7. The molecule has 1 atom stereocenters. The largest absolute Gasteiger partial charge is 0.356 e. The molecule has 104 valence electrons. The van der Waals surface area contributed by atoms with Crippen LogP contribution in [-0.2, 0) is 0 Å². The van der Waals surface area contributed by atoms with Crippen molar-refractivity contribution in [1.29, 1.82) is 0 Å². The van der Waals surface area contributed by atoms with Gasteiger partial charge in [0.15, 0.2) is 0 Å². The van der Waals surface area contributed by atoms with E-state index in [4.69, 9.17) is 0 Å². The third kappa shape index (κ3) is 2.54. The summed E-state index contributed by atoms with van der Waals surface area (Å²) in [6.45, 7) is 1.35. The van der Waals surface area contributed by atoms with Crippen LogP contribution in [0.5, 0.6) is 0 Å². The molecule has 0 bridgehead atoms. The van der Waals surface area contributed by atoms with Crippen molar-refractivity contribution in [3.05, 3.63) is 58.2 Å². The van der Waals surface area contributed by atoms with Gasteiger partial charge in [-0.05, 0) is 46.6 Å². The lowest BCUT2D eigenvalue weighted by Crippen LogP contribution is -2.20. The van der Waals surface area contributed by atoms with Crippen LogP contribution >= 0.6 is 15.9 Å². The number of halogens is 3. The summed E-state index contributed by atoms with van der Waals surface area (Å²) in [5.74, 6) is -0.199. The fourth-order valence-electron chi connectivity index (χ4n) is 2.66. The number of nitrogens with zero attached hydrogens (tertiary/aromatic N) is 2. The normalized spacial score (nSPS) is 18.6. The van der Waals surface area contributed by atoms with Gasteiger partial charge in [0.25, 0.3) is 0 Å². The maximum atomic E-state index is 13.8. The van der Waals surface area contributed by atoms with Gasteiger partial charge >= 0.3 is 0 Å². The molecule has 0 radical (unpaired) electrons. The second kappa shape index (κ2) is 5.48. The summed E-state index contributed by atoms with van der Waals surface area (Å²) in [5.41, 5.74) is 0.201. The maximum absolute atomic E-state index is 13.8. The Morgan fingerprint density at radius 1 is 1.15 bits per heavy atom. The Balaban J connectivity index is 1.81. The molecule has 1 aliphatic heterocycles. The molecule has 1 unspecified atom stereocenters. The summed E-state index contributed by atoms with van der Waals surface area (Å²) in [7, 11) is 0. The van der Waals surface area contributed by atoms with Gasteiger partial charge < -0.3 is 4.90 Å². The quantitative estimate of drug-likeness (QED) is 0.818. The number of pyridine rings is 1. The molecule has 0 N–H and O–H groups in total. The number of anilines is 1. The summed E-state index contributed by atoms with van der Waals surface area (Å²) in [6.07, 6.45) is 2.46. The number of benzene rings is 1. The average Bonchev–Trinajstić information content (AvgIpc) is 2.89. The predicted molar refractivity (Wildman–Crippen MR) is 77.9 cm³/mol. The second-order valence-electron chi connectivity index (χ2n) is 4.90. The van der Waals surface area contributed by atoms with Crippen molar-refractivity contribution in [3.63, 3.8) is 0 Å². The van der Waals surface area contributed by atoms with Crippen LogP contribution in [0.3, 0.4) is 0 Å². The number of hydrogen-bond donors (Lipinski definition) is 0. The number of aromatic nitrogens is 1. The van der Waals surface area contributed by atoms with Crippen LogP contribution < -0.4 is 4.90 Å². The van der Waals surface area contributed by atoms with Crippen molar-refractivity contribution in [1.82, 2.24) is 4.98 Å². The molecule has 0 saturated carbocycles. The van der Waals surface area contributed by atoms with E-state index < -0.39 is 11.6 Å². The van der Waals surface area contributed by atoms with E-state index in [1.165, 1.54) is 18.2 Å². The highest BCUT2D eigenvalue weighted by Gasteiger charge is 2.28. The molecule has 2 heterocycles. The van der Waals surface area contributed by atoms with Gasteiger partial charge in [0, 0.05) is 35.2 Å². The minimum Gasteiger partial charge on any atom is -0.356 e. The maximum Gasteiger partial charge on any atom is 0.129 e. The Hall–Kier alpha value is -1.49. The van der Waals surface area contributed by atoms with Crippen LogP contribution in [0.25, 0.3) is 0 Å². The first-order chi connectivity index (χ1) is 9.65. The van der Waals surface area contributed by atoms with E-state index >= 15 is 0 Å². The van der Waals surface area contributed by atoms with E-state index in [-0.39, 0.29) is 11.5 Å². The molecule has 1 aromatic heterocycles. The van der Waals surface area contributed by atoms with Gasteiger partial charge in [0.1, 0.15) is 17.5 Å². The minimum atomic E-state index is -0.458. The smallest absolute Gasteiger partial charge is 0.129 e. The van der Waals surface area contributed by atoms with E-state index in [9.17, 15) is 8.78 Å². The van der Waals surface area contributed by atoms with Crippen LogP contribution in [0.2, 0.25) is 0 Å².